The average molecular weight is 307 g/mol. The molecule has 114 valence electrons. The number of nitrogens with one attached hydrogen (secondary N) is 1. The molecule has 1 heterocycles. The van der Waals surface area contributed by atoms with Crippen LogP contribution in [0, 0.1) is 0 Å². The highest BCUT2D eigenvalue weighted by atomic mass is 32.1. The van der Waals surface area contributed by atoms with E-state index in [4.69, 9.17) is 22.7 Å². The summed E-state index contributed by atoms with van der Waals surface area (Å²) in [7, 11) is 0. The number of nitrogens with two attached hydrogens (primary N) is 1. The first-order valence-corrected chi connectivity index (χ1v) is 7.42. The van der Waals surface area contributed by atoms with E-state index < -0.39 is 0 Å². The molecule has 1 fully saturated rings. The van der Waals surface area contributed by atoms with E-state index in [9.17, 15) is 4.79 Å². The van der Waals surface area contributed by atoms with Gasteiger partial charge in [-0.3, -0.25) is 9.69 Å². The topological polar surface area (TPSA) is 67.6 Å². The van der Waals surface area contributed by atoms with Gasteiger partial charge in [-0.1, -0.05) is 24.4 Å². The van der Waals surface area contributed by atoms with Gasteiger partial charge in [0.15, 0.2) is 0 Å². The van der Waals surface area contributed by atoms with Crippen LogP contribution in [0.5, 0.6) is 0 Å². The molecule has 3 N–H and O–H groups in total. The molecule has 0 spiro atoms. The van der Waals surface area contributed by atoms with Crippen LogP contribution in [0.25, 0.3) is 0 Å². The minimum absolute atomic E-state index is 0.0698. The SMILES string of the molecule is CC1CN(CC(=O)Nc2ccccc2C(N)=S)C(C)CO1. The summed E-state index contributed by atoms with van der Waals surface area (Å²) in [5.41, 5.74) is 7.01. The number of carbonyl (C=O) groups is 1. The quantitative estimate of drug-likeness (QED) is 0.822. The maximum Gasteiger partial charge on any atom is 0.238 e. The Morgan fingerprint density at radius 1 is 1.48 bits per heavy atom. The zero-order chi connectivity index (χ0) is 15.4. The number of hydrogen-bond acceptors (Lipinski definition) is 4. The molecule has 0 saturated carbocycles. The number of rotatable bonds is 4. The van der Waals surface area contributed by atoms with Crippen molar-refractivity contribution in [3.63, 3.8) is 0 Å². The van der Waals surface area contributed by atoms with Gasteiger partial charge in [-0.25, -0.2) is 0 Å². The summed E-state index contributed by atoms with van der Waals surface area (Å²) in [6.45, 7) is 5.81. The van der Waals surface area contributed by atoms with Gasteiger partial charge in [-0.15, -0.1) is 0 Å². The Balaban J connectivity index is 2.00. The molecule has 2 atom stereocenters. The Morgan fingerprint density at radius 3 is 2.90 bits per heavy atom. The van der Waals surface area contributed by atoms with E-state index in [1.54, 1.807) is 12.1 Å². The monoisotopic (exact) mass is 307 g/mol. The van der Waals surface area contributed by atoms with Crippen LogP contribution in [0.1, 0.15) is 19.4 Å². The second-order valence-corrected chi connectivity index (χ2v) is 5.82. The van der Waals surface area contributed by atoms with Gasteiger partial charge in [-0.2, -0.15) is 0 Å². The standard InChI is InChI=1S/C15H21N3O2S/c1-10-9-20-11(2)7-18(10)8-14(19)17-13-6-4-3-5-12(13)15(16)21/h3-6,10-11H,7-9H2,1-2H3,(H2,16,21)(H,17,19). The molecule has 1 aromatic rings. The van der Waals surface area contributed by atoms with Crippen LogP contribution in [-0.4, -0.2) is 47.6 Å². The molecule has 0 bridgehead atoms. The third-order valence-corrected chi connectivity index (χ3v) is 3.77. The Morgan fingerprint density at radius 2 is 2.19 bits per heavy atom. The number of hydrogen-bond donors (Lipinski definition) is 2. The highest BCUT2D eigenvalue weighted by molar-refractivity contribution is 7.80. The lowest BCUT2D eigenvalue weighted by Crippen LogP contribution is -2.50. The lowest BCUT2D eigenvalue weighted by atomic mass is 10.1. The fraction of sp³-hybridized carbons (Fsp3) is 0.467. The zero-order valence-corrected chi connectivity index (χ0v) is 13.2. The van der Waals surface area contributed by atoms with Gasteiger partial charge in [0.25, 0.3) is 0 Å². The number of ether oxygens (including phenoxy) is 1. The number of thiocarbonyl (C=S) groups is 1. The minimum atomic E-state index is -0.0698. The van der Waals surface area contributed by atoms with E-state index in [0.717, 1.165) is 6.54 Å². The molecule has 1 aliphatic rings. The molecule has 1 aliphatic heterocycles. The van der Waals surface area contributed by atoms with Gasteiger partial charge in [0.05, 0.1) is 24.9 Å². The average Bonchev–Trinajstić information content (AvgIpc) is 2.43. The van der Waals surface area contributed by atoms with Crippen LogP contribution in [-0.2, 0) is 9.53 Å². The lowest BCUT2D eigenvalue weighted by Gasteiger charge is -2.36. The van der Waals surface area contributed by atoms with Gasteiger partial charge < -0.3 is 15.8 Å². The molecule has 2 unspecified atom stereocenters. The number of carbonyl (C=O) groups excluding carboxylic acids is 1. The first-order chi connectivity index (χ1) is 9.97. The first kappa shape index (κ1) is 15.9. The Bertz CT molecular complexity index is 535. The largest absolute Gasteiger partial charge is 0.389 e. The van der Waals surface area contributed by atoms with Crippen molar-refractivity contribution in [1.82, 2.24) is 4.90 Å². The number of benzene rings is 1. The molecule has 1 amide bonds. The maximum absolute atomic E-state index is 12.2. The third kappa shape index (κ3) is 4.23. The van der Waals surface area contributed by atoms with Crippen molar-refractivity contribution in [3.05, 3.63) is 29.8 Å². The molecule has 1 saturated heterocycles. The fourth-order valence-corrected chi connectivity index (χ4v) is 2.55. The predicted octanol–water partition coefficient (Wildman–Crippen LogP) is 1.37. The number of amides is 1. The second-order valence-electron chi connectivity index (χ2n) is 5.38. The van der Waals surface area contributed by atoms with Crippen LogP contribution in [0.2, 0.25) is 0 Å². The van der Waals surface area contributed by atoms with Gasteiger partial charge in [-0.05, 0) is 26.0 Å². The van der Waals surface area contributed by atoms with Gasteiger partial charge in [0, 0.05) is 18.2 Å². The van der Waals surface area contributed by atoms with Crippen molar-refractivity contribution < 1.29 is 9.53 Å². The molecule has 0 aromatic heterocycles. The van der Waals surface area contributed by atoms with Gasteiger partial charge >= 0.3 is 0 Å². The normalized spacial score (nSPS) is 22.8. The summed E-state index contributed by atoms with van der Waals surface area (Å²) < 4.78 is 5.56. The van der Waals surface area contributed by atoms with E-state index in [1.165, 1.54) is 0 Å². The Kier molecular flexibility index (Phi) is 5.27. The Labute approximate surface area is 130 Å². The number of nitrogens with zero attached hydrogens (tertiary/aromatic N) is 1. The van der Waals surface area contributed by atoms with E-state index in [0.29, 0.717) is 24.4 Å². The van der Waals surface area contributed by atoms with Crippen LogP contribution in [0.15, 0.2) is 24.3 Å². The van der Waals surface area contributed by atoms with Crippen molar-refractivity contribution >= 4 is 28.8 Å². The highest BCUT2D eigenvalue weighted by Gasteiger charge is 2.25. The zero-order valence-electron chi connectivity index (χ0n) is 12.3. The number of morpholine rings is 1. The summed E-state index contributed by atoms with van der Waals surface area (Å²) in [6, 6.07) is 7.53. The van der Waals surface area contributed by atoms with Crippen LogP contribution < -0.4 is 11.1 Å². The van der Waals surface area contributed by atoms with Crippen molar-refractivity contribution in [3.8, 4) is 0 Å². The number of anilines is 1. The van der Waals surface area contributed by atoms with Crippen LogP contribution in [0.3, 0.4) is 0 Å². The predicted molar refractivity (Wildman–Crippen MR) is 87.4 cm³/mol. The molecular weight excluding hydrogens is 286 g/mol. The molecule has 0 radical (unpaired) electrons. The smallest absolute Gasteiger partial charge is 0.238 e. The van der Waals surface area contributed by atoms with Gasteiger partial charge in [0.2, 0.25) is 5.91 Å². The summed E-state index contributed by atoms with van der Waals surface area (Å²) in [5, 5.41) is 2.89. The van der Waals surface area contributed by atoms with Crippen molar-refractivity contribution in [2.45, 2.75) is 26.0 Å². The lowest BCUT2D eigenvalue weighted by molar-refractivity contribution is -0.121. The summed E-state index contributed by atoms with van der Waals surface area (Å²) >= 11 is 5.00. The summed E-state index contributed by atoms with van der Waals surface area (Å²) in [5.74, 6) is -0.0698. The van der Waals surface area contributed by atoms with Gasteiger partial charge in [0.1, 0.15) is 4.99 Å². The molecular formula is C15H21N3O2S. The van der Waals surface area contributed by atoms with E-state index in [1.807, 2.05) is 19.1 Å². The van der Waals surface area contributed by atoms with Crippen LogP contribution >= 0.6 is 12.2 Å². The van der Waals surface area contributed by atoms with E-state index >= 15 is 0 Å². The summed E-state index contributed by atoms with van der Waals surface area (Å²) in [6.07, 6.45) is 0.151. The highest BCUT2D eigenvalue weighted by Crippen LogP contribution is 2.16. The molecule has 21 heavy (non-hydrogen) atoms. The third-order valence-electron chi connectivity index (χ3n) is 3.55. The molecule has 6 heteroatoms. The molecule has 5 nitrogen and oxygen atoms in total. The van der Waals surface area contributed by atoms with E-state index in [-0.39, 0.29) is 23.0 Å². The Hall–Kier alpha value is -1.50. The second kappa shape index (κ2) is 6.98. The fourth-order valence-electron chi connectivity index (χ4n) is 2.37. The van der Waals surface area contributed by atoms with Crippen molar-refractivity contribution in [1.29, 1.82) is 0 Å². The summed E-state index contributed by atoms with van der Waals surface area (Å²) in [4.78, 5) is 14.6. The van der Waals surface area contributed by atoms with Crippen molar-refractivity contribution in [2.24, 2.45) is 5.73 Å². The minimum Gasteiger partial charge on any atom is -0.389 e. The van der Waals surface area contributed by atoms with Crippen LogP contribution in [0.4, 0.5) is 5.69 Å². The molecule has 2 rings (SSSR count). The molecule has 1 aromatic carbocycles. The number of para-hydroxylation sites is 1. The van der Waals surface area contributed by atoms with E-state index in [2.05, 4.69) is 17.1 Å². The molecule has 0 aliphatic carbocycles. The first-order valence-electron chi connectivity index (χ1n) is 7.01. The van der Waals surface area contributed by atoms with Crippen molar-refractivity contribution in [2.75, 3.05) is 25.0 Å². The maximum atomic E-state index is 12.2.